The van der Waals surface area contributed by atoms with Crippen molar-refractivity contribution in [3.8, 4) is 34.0 Å². The van der Waals surface area contributed by atoms with Gasteiger partial charge in [-0.15, -0.1) is 0 Å². The van der Waals surface area contributed by atoms with Gasteiger partial charge in [0.1, 0.15) is 29.4 Å². The molecule has 3 N–H and O–H groups in total. The van der Waals surface area contributed by atoms with E-state index in [1.54, 1.807) is 73.4 Å². The fourth-order valence-corrected chi connectivity index (χ4v) is 4.80. The molecule has 0 aliphatic rings. The molecule has 0 aliphatic carbocycles. The van der Waals surface area contributed by atoms with Crippen LogP contribution >= 0.6 is 11.6 Å². The SMILES string of the molecule is Cc1c(C(=O)Nc2ccc(-c3nc(-c4cccc(OCCN(C)C)c4)cnc3N)cc2)c(=O)n(-c2cccc(Cl)c2)n1C. The summed E-state index contributed by atoms with van der Waals surface area (Å²) in [6, 6.07) is 21.6. The van der Waals surface area contributed by atoms with Gasteiger partial charge in [-0.05, 0) is 63.5 Å². The molecule has 0 radical (unpaired) electrons. The van der Waals surface area contributed by atoms with Gasteiger partial charge in [0.05, 0.1) is 23.3 Å². The lowest BCUT2D eigenvalue weighted by Gasteiger charge is -2.12. The number of rotatable bonds is 9. The number of anilines is 2. The van der Waals surface area contributed by atoms with Crippen LogP contribution in [-0.4, -0.2) is 57.4 Å². The summed E-state index contributed by atoms with van der Waals surface area (Å²) in [5.41, 5.74) is 10.1. The molecule has 1 amide bonds. The van der Waals surface area contributed by atoms with Gasteiger partial charge < -0.3 is 20.7 Å². The van der Waals surface area contributed by atoms with Crippen LogP contribution in [0.4, 0.5) is 11.5 Å². The highest BCUT2D eigenvalue weighted by molar-refractivity contribution is 6.30. The molecule has 5 rings (SSSR count). The predicted molar refractivity (Wildman–Crippen MR) is 170 cm³/mol. The van der Waals surface area contributed by atoms with Crippen LogP contribution in [0.15, 0.2) is 83.8 Å². The summed E-state index contributed by atoms with van der Waals surface area (Å²) >= 11 is 6.13. The molecule has 0 unspecified atom stereocenters. The molecule has 10 nitrogen and oxygen atoms in total. The summed E-state index contributed by atoms with van der Waals surface area (Å²) in [7, 11) is 5.71. The lowest BCUT2D eigenvalue weighted by atomic mass is 10.1. The van der Waals surface area contributed by atoms with E-state index in [2.05, 4.69) is 15.2 Å². The van der Waals surface area contributed by atoms with Gasteiger partial charge >= 0.3 is 0 Å². The van der Waals surface area contributed by atoms with Crippen molar-refractivity contribution in [2.75, 3.05) is 38.3 Å². The molecule has 0 fully saturated rings. The highest BCUT2D eigenvalue weighted by Crippen LogP contribution is 2.29. The number of hydrogen-bond donors (Lipinski definition) is 2. The summed E-state index contributed by atoms with van der Waals surface area (Å²) in [6.45, 7) is 3.10. The van der Waals surface area contributed by atoms with E-state index >= 15 is 0 Å². The Hall–Kier alpha value is -4.93. The highest BCUT2D eigenvalue weighted by atomic mass is 35.5. The number of halogens is 1. The van der Waals surface area contributed by atoms with Gasteiger partial charge in [-0.2, -0.15) is 0 Å². The van der Waals surface area contributed by atoms with E-state index in [0.29, 0.717) is 40.1 Å². The van der Waals surface area contributed by atoms with E-state index in [1.165, 1.54) is 4.68 Å². The van der Waals surface area contributed by atoms with E-state index in [-0.39, 0.29) is 11.4 Å². The maximum absolute atomic E-state index is 13.3. The number of hydrogen-bond acceptors (Lipinski definition) is 7. The molecule has 0 aliphatic heterocycles. The van der Waals surface area contributed by atoms with Crippen molar-refractivity contribution in [3.63, 3.8) is 0 Å². The van der Waals surface area contributed by atoms with Crippen LogP contribution < -0.4 is 21.3 Å². The second kappa shape index (κ2) is 12.5. The summed E-state index contributed by atoms with van der Waals surface area (Å²) in [6.07, 6.45) is 1.63. The summed E-state index contributed by atoms with van der Waals surface area (Å²) < 4.78 is 8.91. The standard InChI is InChI=1S/C32H32ClN7O3/c1-20-28(32(42)40(39(20)4)25-9-6-8-23(33)18-25)31(41)36-24-13-11-21(12-14-24)29-30(34)35-19-27(37-29)22-7-5-10-26(17-22)43-16-15-38(2)3/h5-14,17-19H,15-16H2,1-4H3,(H2,34,35)(H,36,41). The van der Waals surface area contributed by atoms with Gasteiger partial charge in [0.15, 0.2) is 0 Å². The van der Waals surface area contributed by atoms with Crippen LogP contribution in [0.5, 0.6) is 5.75 Å². The monoisotopic (exact) mass is 597 g/mol. The molecule has 43 heavy (non-hydrogen) atoms. The quantitative estimate of drug-likeness (QED) is 0.244. The minimum Gasteiger partial charge on any atom is -0.492 e. The van der Waals surface area contributed by atoms with E-state index in [1.807, 2.05) is 38.4 Å². The third kappa shape index (κ3) is 6.45. The fourth-order valence-electron chi connectivity index (χ4n) is 4.61. The van der Waals surface area contributed by atoms with E-state index in [0.717, 1.165) is 23.4 Å². The van der Waals surface area contributed by atoms with Crippen LogP contribution in [-0.2, 0) is 7.05 Å². The van der Waals surface area contributed by atoms with E-state index in [4.69, 9.17) is 27.1 Å². The Labute approximate surface area is 254 Å². The minimum atomic E-state index is -0.513. The Morgan fingerprint density at radius 2 is 1.79 bits per heavy atom. The second-order valence-electron chi connectivity index (χ2n) is 10.3. The molecule has 2 heterocycles. The van der Waals surface area contributed by atoms with Crippen molar-refractivity contribution in [1.82, 2.24) is 24.2 Å². The molecule has 0 bridgehead atoms. The van der Waals surface area contributed by atoms with Crippen molar-refractivity contribution >= 4 is 29.0 Å². The lowest BCUT2D eigenvalue weighted by molar-refractivity contribution is 0.102. The van der Waals surface area contributed by atoms with Crippen molar-refractivity contribution in [3.05, 3.63) is 106 Å². The number of likely N-dealkylation sites (N-methyl/N-ethyl adjacent to an activating group) is 1. The number of amides is 1. The molecule has 0 atom stereocenters. The van der Waals surface area contributed by atoms with Crippen molar-refractivity contribution < 1.29 is 9.53 Å². The van der Waals surface area contributed by atoms with Gasteiger partial charge in [-0.1, -0.05) is 41.9 Å². The van der Waals surface area contributed by atoms with Crippen LogP contribution in [0, 0.1) is 6.92 Å². The molecule has 220 valence electrons. The van der Waals surface area contributed by atoms with E-state index in [9.17, 15) is 9.59 Å². The first-order chi connectivity index (χ1) is 20.6. The maximum Gasteiger partial charge on any atom is 0.284 e. The topological polar surface area (TPSA) is 120 Å². The smallest absolute Gasteiger partial charge is 0.284 e. The van der Waals surface area contributed by atoms with Crippen molar-refractivity contribution in [2.45, 2.75) is 6.92 Å². The average molecular weight is 598 g/mol. The van der Waals surface area contributed by atoms with Crippen LogP contribution in [0.2, 0.25) is 5.02 Å². The molecule has 0 spiro atoms. The zero-order valence-electron chi connectivity index (χ0n) is 24.3. The van der Waals surface area contributed by atoms with E-state index < -0.39 is 11.5 Å². The molecule has 3 aromatic carbocycles. The zero-order chi connectivity index (χ0) is 30.7. The maximum atomic E-state index is 13.3. The molecular weight excluding hydrogens is 566 g/mol. The normalized spacial score (nSPS) is 11.1. The summed E-state index contributed by atoms with van der Waals surface area (Å²) in [5.74, 6) is 0.508. The number of nitrogens with zero attached hydrogens (tertiary/aromatic N) is 5. The third-order valence-electron chi connectivity index (χ3n) is 6.99. The average Bonchev–Trinajstić information content (AvgIpc) is 3.21. The predicted octanol–water partition coefficient (Wildman–Crippen LogP) is 5.04. The number of nitrogens with one attached hydrogen (secondary N) is 1. The van der Waals surface area contributed by atoms with Crippen LogP contribution in [0.1, 0.15) is 16.1 Å². The summed E-state index contributed by atoms with van der Waals surface area (Å²) in [5, 5.41) is 3.32. The Kier molecular flexibility index (Phi) is 8.61. The molecule has 2 aromatic heterocycles. The number of ether oxygens (including phenoxy) is 1. The lowest BCUT2D eigenvalue weighted by Crippen LogP contribution is -2.25. The van der Waals surface area contributed by atoms with Crippen LogP contribution in [0.25, 0.3) is 28.2 Å². The Morgan fingerprint density at radius 1 is 1.05 bits per heavy atom. The van der Waals surface area contributed by atoms with Gasteiger partial charge in [-0.25, -0.2) is 14.6 Å². The first-order valence-corrected chi connectivity index (χ1v) is 14.0. The largest absolute Gasteiger partial charge is 0.492 e. The fraction of sp³-hybridized carbons (Fsp3) is 0.188. The van der Waals surface area contributed by atoms with Crippen LogP contribution in [0.3, 0.4) is 0 Å². The highest BCUT2D eigenvalue weighted by Gasteiger charge is 2.22. The number of nitrogen functional groups attached to an aromatic ring is 1. The minimum absolute atomic E-state index is 0.0438. The first kappa shape index (κ1) is 29.6. The molecule has 11 heteroatoms. The first-order valence-electron chi connectivity index (χ1n) is 13.6. The van der Waals surface area contributed by atoms with Gasteiger partial charge in [-0.3, -0.25) is 14.3 Å². The summed E-state index contributed by atoms with van der Waals surface area (Å²) in [4.78, 5) is 37.7. The number of benzene rings is 3. The van der Waals surface area contributed by atoms with Gasteiger partial charge in [0, 0.05) is 35.4 Å². The Morgan fingerprint density at radius 3 is 2.51 bits per heavy atom. The van der Waals surface area contributed by atoms with Crippen molar-refractivity contribution in [2.24, 2.45) is 7.05 Å². The van der Waals surface area contributed by atoms with Gasteiger partial charge in [0.2, 0.25) is 0 Å². The Balaban J connectivity index is 1.35. The number of nitrogens with two attached hydrogens (primary N) is 1. The molecular formula is C32H32ClN7O3. The van der Waals surface area contributed by atoms with Crippen molar-refractivity contribution in [1.29, 1.82) is 0 Å². The second-order valence-corrected chi connectivity index (χ2v) is 10.7. The third-order valence-corrected chi connectivity index (χ3v) is 7.22. The van der Waals surface area contributed by atoms with Gasteiger partial charge in [0.25, 0.3) is 11.5 Å². The number of carbonyl (C=O) groups excluding carboxylic acids is 1. The molecule has 0 saturated carbocycles. The Bertz CT molecular complexity index is 1850. The zero-order valence-corrected chi connectivity index (χ0v) is 25.1. The number of aromatic nitrogens is 4. The number of carbonyl (C=O) groups is 1. The molecule has 0 saturated heterocycles. The molecule has 5 aromatic rings.